The Balaban J connectivity index is 2.58. The fourth-order valence-corrected chi connectivity index (χ4v) is 2.84. The topological polar surface area (TPSA) is 87.0 Å². The van der Waals surface area contributed by atoms with E-state index in [4.69, 9.17) is 4.52 Å². The third kappa shape index (κ3) is 3.26. The van der Waals surface area contributed by atoms with Crippen molar-refractivity contribution in [2.24, 2.45) is 0 Å². The van der Waals surface area contributed by atoms with Gasteiger partial charge in [0.25, 0.3) is 5.53 Å². The number of rotatable bonds is 4. The lowest BCUT2D eigenvalue weighted by Crippen LogP contribution is -2.30. The predicted octanol–water partition coefficient (Wildman–Crippen LogP) is 1.57. The van der Waals surface area contributed by atoms with Gasteiger partial charge in [-0.25, -0.2) is 0 Å². The maximum absolute atomic E-state index is 11.6. The summed E-state index contributed by atoms with van der Waals surface area (Å²) >= 11 is 0. The van der Waals surface area contributed by atoms with Gasteiger partial charge in [0.05, 0.1) is 6.10 Å². The summed E-state index contributed by atoms with van der Waals surface area (Å²) in [4.78, 5) is 9.43. The van der Waals surface area contributed by atoms with E-state index in [9.17, 15) is 19.7 Å². The van der Waals surface area contributed by atoms with Crippen molar-refractivity contribution < 1.29 is 24.2 Å². The second-order valence-corrected chi connectivity index (χ2v) is 5.98. The van der Waals surface area contributed by atoms with Gasteiger partial charge in [0.2, 0.25) is 0 Å². The van der Waals surface area contributed by atoms with Crippen molar-refractivity contribution in [2.45, 2.75) is 57.1 Å². The highest BCUT2D eigenvalue weighted by Crippen LogP contribution is 2.55. The minimum atomic E-state index is -4.35. The molecule has 0 amide bonds. The van der Waals surface area contributed by atoms with E-state index in [-0.39, 0.29) is 12.5 Å². The van der Waals surface area contributed by atoms with Gasteiger partial charge in [-0.3, -0.25) is 4.57 Å². The lowest BCUT2D eigenvalue weighted by Gasteiger charge is -2.30. The Hall–Kier alpha value is 0.0700. The summed E-state index contributed by atoms with van der Waals surface area (Å²) in [5.41, 5.74) is -2.62. The van der Waals surface area contributed by atoms with Gasteiger partial charge in [-0.05, 0) is 12.8 Å². The van der Waals surface area contributed by atoms with Crippen LogP contribution in [0.25, 0.3) is 0 Å². The van der Waals surface area contributed by atoms with Crippen molar-refractivity contribution in [3.8, 4) is 0 Å². The molecule has 1 aliphatic carbocycles. The van der Waals surface area contributed by atoms with Gasteiger partial charge in [0.15, 0.2) is 0 Å². The molecule has 0 spiro atoms. The molecule has 6 heteroatoms. The first kappa shape index (κ1) is 13.1. The van der Waals surface area contributed by atoms with Gasteiger partial charge >= 0.3 is 7.60 Å². The zero-order valence-electron chi connectivity index (χ0n) is 8.93. The molecule has 0 aromatic carbocycles. The molecule has 0 aromatic rings. The molecule has 90 valence electrons. The van der Waals surface area contributed by atoms with E-state index in [0.29, 0.717) is 12.8 Å². The molecule has 0 aliphatic heterocycles. The highest BCUT2D eigenvalue weighted by atomic mass is 31.2. The molecule has 0 bridgehead atoms. The summed E-state index contributed by atoms with van der Waals surface area (Å²) in [5, 5.41) is 18.6. The van der Waals surface area contributed by atoms with E-state index in [1.54, 1.807) is 0 Å². The predicted molar refractivity (Wildman–Crippen MR) is 55.2 cm³/mol. The SMILES string of the molecule is CCC(O)(O)P(=O)(O)OC1CCCCC1. The fourth-order valence-electron chi connectivity index (χ4n) is 1.66. The first-order chi connectivity index (χ1) is 6.89. The van der Waals surface area contributed by atoms with Crippen molar-refractivity contribution in [3.63, 3.8) is 0 Å². The average Bonchev–Trinajstić information content (AvgIpc) is 2.18. The van der Waals surface area contributed by atoms with Crippen LogP contribution in [0.2, 0.25) is 0 Å². The van der Waals surface area contributed by atoms with Crippen molar-refractivity contribution in [2.75, 3.05) is 0 Å². The summed E-state index contributed by atoms with van der Waals surface area (Å²) in [7, 11) is -4.35. The number of hydrogen-bond donors (Lipinski definition) is 3. The third-order valence-corrected chi connectivity index (χ3v) is 4.58. The fraction of sp³-hybridized carbons (Fsp3) is 1.00. The molecule has 1 rings (SSSR count). The zero-order valence-corrected chi connectivity index (χ0v) is 9.82. The Morgan fingerprint density at radius 3 is 2.33 bits per heavy atom. The van der Waals surface area contributed by atoms with Crippen molar-refractivity contribution >= 4 is 7.60 Å². The largest absolute Gasteiger partial charge is 0.387 e. The van der Waals surface area contributed by atoms with Crippen LogP contribution < -0.4 is 0 Å². The summed E-state index contributed by atoms with van der Waals surface area (Å²) in [6.45, 7) is 1.42. The standard InChI is InChI=1S/C9H19O5P/c1-2-9(10,11)15(12,13)14-8-6-4-3-5-7-8/h8,10-11H,2-7H2,1H3,(H,12,13). The maximum atomic E-state index is 11.6. The molecule has 0 heterocycles. The Bertz CT molecular complexity index is 247. The van der Waals surface area contributed by atoms with Crippen LogP contribution in [0.5, 0.6) is 0 Å². The average molecular weight is 238 g/mol. The van der Waals surface area contributed by atoms with E-state index in [2.05, 4.69) is 0 Å². The zero-order chi connectivity index (χ0) is 11.5. The van der Waals surface area contributed by atoms with E-state index in [1.807, 2.05) is 0 Å². The molecule has 1 saturated carbocycles. The molecule has 0 radical (unpaired) electrons. The summed E-state index contributed by atoms with van der Waals surface area (Å²) in [5.74, 6) is 0. The normalized spacial score (nSPS) is 23.7. The van der Waals surface area contributed by atoms with Crippen LogP contribution in [0.1, 0.15) is 45.4 Å². The van der Waals surface area contributed by atoms with Gasteiger partial charge in [0.1, 0.15) is 0 Å². The molecule has 1 fully saturated rings. The highest BCUT2D eigenvalue weighted by molar-refractivity contribution is 7.54. The molecule has 1 aliphatic rings. The molecule has 0 aromatic heterocycles. The molecule has 1 atom stereocenters. The van der Waals surface area contributed by atoms with Crippen LogP contribution >= 0.6 is 7.60 Å². The molecule has 1 unspecified atom stereocenters. The van der Waals surface area contributed by atoms with Crippen LogP contribution in [-0.2, 0) is 9.09 Å². The minimum absolute atomic E-state index is 0.229. The first-order valence-corrected chi connectivity index (χ1v) is 6.93. The van der Waals surface area contributed by atoms with E-state index >= 15 is 0 Å². The molecule has 15 heavy (non-hydrogen) atoms. The quantitative estimate of drug-likeness (QED) is 0.511. The summed E-state index contributed by atoms with van der Waals surface area (Å²) in [6.07, 6.45) is 3.90. The van der Waals surface area contributed by atoms with E-state index in [1.165, 1.54) is 6.92 Å². The Kier molecular flexibility index (Phi) is 4.32. The summed E-state index contributed by atoms with van der Waals surface area (Å²) < 4.78 is 16.5. The number of aliphatic hydroxyl groups is 2. The van der Waals surface area contributed by atoms with Gasteiger partial charge < -0.3 is 19.6 Å². The smallest absolute Gasteiger partial charge is 0.356 e. The van der Waals surface area contributed by atoms with Crippen molar-refractivity contribution in [1.82, 2.24) is 0 Å². The van der Waals surface area contributed by atoms with Crippen LogP contribution in [0.15, 0.2) is 0 Å². The second kappa shape index (κ2) is 4.93. The third-order valence-electron chi connectivity index (χ3n) is 2.77. The van der Waals surface area contributed by atoms with Crippen molar-refractivity contribution in [3.05, 3.63) is 0 Å². The van der Waals surface area contributed by atoms with Crippen LogP contribution in [0.3, 0.4) is 0 Å². The Labute approximate surface area is 89.6 Å². The monoisotopic (exact) mass is 238 g/mol. The molecule has 0 saturated heterocycles. The van der Waals surface area contributed by atoms with Gasteiger partial charge in [-0.15, -0.1) is 0 Å². The number of hydrogen-bond acceptors (Lipinski definition) is 4. The Morgan fingerprint density at radius 1 is 1.33 bits per heavy atom. The second-order valence-electron chi connectivity index (χ2n) is 4.01. The van der Waals surface area contributed by atoms with Crippen LogP contribution in [0.4, 0.5) is 0 Å². The molecular weight excluding hydrogens is 219 g/mol. The molecular formula is C9H19O5P. The first-order valence-electron chi connectivity index (χ1n) is 5.35. The maximum Gasteiger partial charge on any atom is 0.387 e. The van der Waals surface area contributed by atoms with Gasteiger partial charge in [-0.1, -0.05) is 26.2 Å². The van der Waals surface area contributed by atoms with E-state index < -0.39 is 13.1 Å². The lowest BCUT2D eigenvalue weighted by molar-refractivity contribution is -0.112. The minimum Gasteiger partial charge on any atom is -0.356 e. The Morgan fingerprint density at radius 2 is 1.87 bits per heavy atom. The molecule has 3 N–H and O–H groups in total. The van der Waals surface area contributed by atoms with Crippen LogP contribution in [-0.4, -0.2) is 26.7 Å². The van der Waals surface area contributed by atoms with Gasteiger partial charge in [-0.2, -0.15) is 0 Å². The van der Waals surface area contributed by atoms with E-state index in [0.717, 1.165) is 19.3 Å². The summed E-state index contributed by atoms with van der Waals surface area (Å²) in [6, 6.07) is 0. The van der Waals surface area contributed by atoms with Gasteiger partial charge in [0, 0.05) is 6.42 Å². The molecule has 5 nitrogen and oxygen atoms in total. The lowest BCUT2D eigenvalue weighted by atomic mass is 9.98. The van der Waals surface area contributed by atoms with Crippen molar-refractivity contribution in [1.29, 1.82) is 0 Å². The van der Waals surface area contributed by atoms with Crippen LogP contribution in [0, 0.1) is 0 Å². The highest BCUT2D eigenvalue weighted by Gasteiger charge is 2.46.